The summed E-state index contributed by atoms with van der Waals surface area (Å²) >= 11 is 0. The van der Waals surface area contributed by atoms with Crippen molar-refractivity contribution in [3.8, 4) is 0 Å². The largest absolute Gasteiger partial charge is 0.299 e. The van der Waals surface area contributed by atoms with Crippen LogP contribution >= 0.6 is 0 Å². The summed E-state index contributed by atoms with van der Waals surface area (Å²) in [6.07, 6.45) is 2.89. The number of hydrogen-bond acceptors (Lipinski definition) is 1. The van der Waals surface area contributed by atoms with Gasteiger partial charge >= 0.3 is 0 Å². The molecule has 66 valence electrons. The lowest BCUT2D eigenvalue weighted by molar-refractivity contribution is -0.120. The van der Waals surface area contributed by atoms with Gasteiger partial charge in [0.2, 0.25) is 0 Å². The average Bonchev–Trinajstić information content (AvgIpc) is 2.44. The Morgan fingerprint density at radius 2 is 1.92 bits per heavy atom. The minimum Gasteiger partial charge on any atom is -0.299 e. The van der Waals surface area contributed by atoms with Crippen LogP contribution in [0.25, 0.3) is 0 Å². The van der Waals surface area contributed by atoms with Crippen LogP contribution in [0.3, 0.4) is 0 Å². The van der Waals surface area contributed by atoms with Crippen LogP contribution in [-0.2, 0) is 11.2 Å². The molecule has 0 aromatic heterocycles. The molecule has 1 aromatic rings. The van der Waals surface area contributed by atoms with Crippen molar-refractivity contribution in [3.05, 3.63) is 35.4 Å². The number of rotatable bonds is 0. The Morgan fingerprint density at radius 1 is 1.08 bits per heavy atom. The van der Waals surface area contributed by atoms with Gasteiger partial charge in [0.1, 0.15) is 5.78 Å². The Balaban J connectivity index is 2.12. The Morgan fingerprint density at radius 3 is 2.85 bits per heavy atom. The lowest BCUT2D eigenvalue weighted by Gasteiger charge is -2.21. The summed E-state index contributed by atoms with van der Waals surface area (Å²) in [4.78, 5) is 11.5. The van der Waals surface area contributed by atoms with Crippen LogP contribution in [-0.4, -0.2) is 5.78 Å². The first-order valence-electron chi connectivity index (χ1n) is 4.95. The third kappa shape index (κ3) is 0.963. The fourth-order valence-corrected chi connectivity index (χ4v) is 2.79. The molecular weight excluding hydrogens is 160 g/mol. The number of Topliss-reactive ketones (excluding diaryl/α,β-unsaturated/α-hetero) is 1. The molecular formula is C12H12O. The van der Waals surface area contributed by atoms with E-state index in [0.29, 0.717) is 17.6 Å². The van der Waals surface area contributed by atoms with E-state index in [1.807, 2.05) is 0 Å². The Bertz CT molecular complexity index is 367. The number of hydrogen-bond donors (Lipinski definition) is 0. The number of benzene rings is 1. The second-order valence-corrected chi connectivity index (χ2v) is 4.20. The molecule has 2 bridgehead atoms. The van der Waals surface area contributed by atoms with Crippen molar-refractivity contribution in [2.24, 2.45) is 5.92 Å². The zero-order chi connectivity index (χ0) is 8.84. The van der Waals surface area contributed by atoms with Crippen LogP contribution in [0.15, 0.2) is 24.3 Å². The Labute approximate surface area is 77.8 Å². The monoisotopic (exact) mass is 172 g/mol. The highest BCUT2D eigenvalue weighted by molar-refractivity contribution is 5.85. The molecule has 0 N–H and O–H groups in total. The van der Waals surface area contributed by atoms with Gasteiger partial charge in [-0.2, -0.15) is 0 Å². The van der Waals surface area contributed by atoms with Crippen LogP contribution in [0, 0.1) is 5.92 Å². The average molecular weight is 172 g/mol. The van der Waals surface area contributed by atoms with Gasteiger partial charge in [0.05, 0.1) is 0 Å². The van der Waals surface area contributed by atoms with Gasteiger partial charge in [0.15, 0.2) is 0 Å². The quantitative estimate of drug-likeness (QED) is 0.587. The van der Waals surface area contributed by atoms with E-state index in [1.54, 1.807) is 0 Å². The van der Waals surface area contributed by atoms with Crippen LogP contribution in [0.4, 0.5) is 0 Å². The second-order valence-electron chi connectivity index (χ2n) is 4.20. The highest BCUT2D eigenvalue weighted by Gasteiger charge is 2.38. The molecule has 1 fully saturated rings. The van der Waals surface area contributed by atoms with E-state index in [1.165, 1.54) is 11.1 Å². The van der Waals surface area contributed by atoms with Crippen molar-refractivity contribution >= 4 is 5.78 Å². The first kappa shape index (κ1) is 7.31. The smallest absolute Gasteiger partial charge is 0.136 e. The fraction of sp³-hybridized carbons (Fsp3) is 0.417. The summed E-state index contributed by atoms with van der Waals surface area (Å²) in [6, 6.07) is 8.53. The van der Waals surface area contributed by atoms with Gasteiger partial charge in [-0.25, -0.2) is 0 Å². The van der Waals surface area contributed by atoms with Gasteiger partial charge in [0.25, 0.3) is 0 Å². The summed E-state index contributed by atoms with van der Waals surface area (Å²) in [5.74, 6) is 1.38. The highest BCUT2D eigenvalue weighted by atomic mass is 16.1. The molecule has 2 atom stereocenters. The first-order chi connectivity index (χ1) is 6.34. The molecule has 3 rings (SSSR count). The molecule has 0 amide bonds. The minimum absolute atomic E-state index is 0.347. The molecule has 0 spiro atoms. The number of carbonyl (C=O) groups is 1. The molecule has 0 heterocycles. The van der Waals surface area contributed by atoms with Gasteiger partial charge in [0, 0.05) is 12.3 Å². The van der Waals surface area contributed by atoms with Crippen LogP contribution in [0.1, 0.15) is 29.9 Å². The van der Waals surface area contributed by atoms with Gasteiger partial charge < -0.3 is 0 Å². The molecule has 0 radical (unpaired) electrons. The van der Waals surface area contributed by atoms with Gasteiger partial charge in [-0.1, -0.05) is 24.3 Å². The van der Waals surface area contributed by atoms with Crippen LogP contribution < -0.4 is 0 Å². The third-order valence-electron chi connectivity index (χ3n) is 3.43. The summed E-state index contributed by atoms with van der Waals surface area (Å²) in [6.45, 7) is 0. The molecule has 0 saturated heterocycles. The normalized spacial score (nSPS) is 30.3. The van der Waals surface area contributed by atoms with E-state index in [2.05, 4.69) is 24.3 Å². The fourth-order valence-electron chi connectivity index (χ4n) is 2.79. The van der Waals surface area contributed by atoms with E-state index < -0.39 is 0 Å². The van der Waals surface area contributed by atoms with Crippen molar-refractivity contribution in [1.82, 2.24) is 0 Å². The van der Waals surface area contributed by atoms with Crippen LogP contribution in [0.2, 0.25) is 0 Å². The van der Waals surface area contributed by atoms with Crippen molar-refractivity contribution in [2.45, 2.75) is 25.2 Å². The third-order valence-corrected chi connectivity index (χ3v) is 3.43. The summed E-state index contributed by atoms with van der Waals surface area (Å²) in [7, 11) is 0. The van der Waals surface area contributed by atoms with E-state index in [0.717, 1.165) is 19.3 Å². The maximum atomic E-state index is 11.5. The van der Waals surface area contributed by atoms with Crippen molar-refractivity contribution in [3.63, 3.8) is 0 Å². The van der Waals surface area contributed by atoms with Gasteiger partial charge in [-0.3, -0.25) is 4.79 Å². The zero-order valence-corrected chi connectivity index (χ0v) is 7.49. The molecule has 1 heteroatoms. The molecule has 0 aliphatic heterocycles. The first-order valence-corrected chi connectivity index (χ1v) is 4.95. The molecule has 13 heavy (non-hydrogen) atoms. The predicted molar refractivity (Wildman–Crippen MR) is 50.6 cm³/mol. The summed E-state index contributed by atoms with van der Waals surface area (Å²) in [5, 5.41) is 0. The second kappa shape index (κ2) is 2.44. The van der Waals surface area contributed by atoms with E-state index >= 15 is 0 Å². The van der Waals surface area contributed by atoms with Gasteiger partial charge in [-0.05, 0) is 29.9 Å². The number of carbonyl (C=O) groups excluding carboxylic acids is 1. The Kier molecular flexibility index (Phi) is 1.37. The van der Waals surface area contributed by atoms with Gasteiger partial charge in [-0.15, -0.1) is 0 Å². The maximum Gasteiger partial charge on any atom is 0.136 e. The molecule has 1 aromatic carbocycles. The standard InChI is InChI=1S/C12H12O/c13-12-7-9-6-10(12)5-8-3-1-2-4-11(8)9/h1-4,9-10H,5-7H2. The van der Waals surface area contributed by atoms with E-state index in [9.17, 15) is 4.79 Å². The zero-order valence-electron chi connectivity index (χ0n) is 7.49. The number of ketones is 1. The summed E-state index contributed by atoms with van der Waals surface area (Å²) in [5.41, 5.74) is 2.85. The van der Waals surface area contributed by atoms with Crippen LogP contribution in [0.5, 0.6) is 0 Å². The lowest BCUT2D eigenvalue weighted by Crippen LogP contribution is -2.13. The predicted octanol–water partition coefficient (Wildman–Crippen LogP) is 2.31. The highest BCUT2D eigenvalue weighted by Crippen LogP contribution is 2.43. The molecule has 1 saturated carbocycles. The lowest BCUT2D eigenvalue weighted by atomic mass is 9.83. The number of fused-ring (bicyclic) bond motifs is 4. The Hall–Kier alpha value is -1.11. The summed E-state index contributed by atoms with van der Waals surface area (Å²) < 4.78 is 0. The molecule has 1 nitrogen and oxygen atoms in total. The van der Waals surface area contributed by atoms with E-state index in [4.69, 9.17) is 0 Å². The minimum atomic E-state index is 0.347. The van der Waals surface area contributed by atoms with E-state index in [-0.39, 0.29) is 0 Å². The topological polar surface area (TPSA) is 17.1 Å². The molecule has 2 aliphatic rings. The molecule has 2 aliphatic carbocycles. The van der Waals surface area contributed by atoms with Crippen molar-refractivity contribution < 1.29 is 4.79 Å². The SMILES string of the molecule is O=C1CC2CC1Cc1ccccc12. The van der Waals surface area contributed by atoms with Crippen molar-refractivity contribution in [1.29, 1.82) is 0 Å². The maximum absolute atomic E-state index is 11.5. The van der Waals surface area contributed by atoms with Crippen molar-refractivity contribution in [2.75, 3.05) is 0 Å². The molecule has 2 unspecified atom stereocenters.